The van der Waals surface area contributed by atoms with Crippen molar-refractivity contribution in [3.05, 3.63) is 70.3 Å². The van der Waals surface area contributed by atoms with E-state index in [9.17, 15) is 8.78 Å². The molecule has 0 aliphatic rings. The molecule has 0 aliphatic heterocycles. The van der Waals surface area contributed by atoms with Gasteiger partial charge in [-0.3, -0.25) is 0 Å². The molecule has 0 bridgehead atoms. The van der Waals surface area contributed by atoms with Gasteiger partial charge >= 0.3 is 0 Å². The Balaban J connectivity index is 2.07. The van der Waals surface area contributed by atoms with Crippen LogP contribution in [0.15, 0.2) is 36.4 Å². The van der Waals surface area contributed by atoms with Crippen molar-refractivity contribution in [2.45, 2.75) is 33.4 Å². The van der Waals surface area contributed by atoms with E-state index in [2.05, 4.69) is 5.32 Å². The summed E-state index contributed by atoms with van der Waals surface area (Å²) in [6.45, 7) is 6.01. The molecule has 0 fully saturated rings. The summed E-state index contributed by atoms with van der Waals surface area (Å²) in [5.41, 5.74) is 2.92. The maximum Gasteiger partial charge on any atom is 0.129 e. The third-order valence-electron chi connectivity index (χ3n) is 3.48. The molecular formula is C17H19F2N. The maximum atomic E-state index is 13.7. The first-order valence-electron chi connectivity index (χ1n) is 6.72. The van der Waals surface area contributed by atoms with Gasteiger partial charge in [-0.15, -0.1) is 0 Å². The van der Waals surface area contributed by atoms with Crippen molar-refractivity contribution < 1.29 is 8.78 Å². The van der Waals surface area contributed by atoms with Crippen LogP contribution in [0.25, 0.3) is 0 Å². The topological polar surface area (TPSA) is 12.0 Å². The van der Waals surface area contributed by atoms with Crippen LogP contribution in [0.5, 0.6) is 0 Å². The lowest BCUT2D eigenvalue weighted by Gasteiger charge is -2.16. The summed E-state index contributed by atoms with van der Waals surface area (Å²) >= 11 is 0. The van der Waals surface area contributed by atoms with Crippen molar-refractivity contribution in [1.82, 2.24) is 5.32 Å². The molecule has 2 rings (SSSR count). The molecule has 106 valence electrons. The van der Waals surface area contributed by atoms with E-state index in [4.69, 9.17) is 0 Å². The Kier molecular flexibility index (Phi) is 4.50. The van der Waals surface area contributed by atoms with Crippen LogP contribution in [0.4, 0.5) is 8.78 Å². The van der Waals surface area contributed by atoms with E-state index in [-0.39, 0.29) is 17.7 Å². The third-order valence-corrected chi connectivity index (χ3v) is 3.48. The fourth-order valence-corrected chi connectivity index (χ4v) is 2.34. The largest absolute Gasteiger partial charge is 0.306 e. The highest BCUT2D eigenvalue weighted by Gasteiger charge is 2.10. The summed E-state index contributed by atoms with van der Waals surface area (Å²) in [7, 11) is 0. The van der Waals surface area contributed by atoms with Crippen molar-refractivity contribution in [2.75, 3.05) is 0 Å². The minimum Gasteiger partial charge on any atom is -0.306 e. The quantitative estimate of drug-likeness (QED) is 0.870. The van der Waals surface area contributed by atoms with E-state index in [1.54, 1.807) is 26.0 Å². The molecular weight excluding hydrogens is 256 g/mol. The molecule has 3 heteroatoms. The molecule has 1 nitrogen and oxygen atoms in total. The Hall–Kier alpha value is -1.74. The van der Waals surface area contributed by atoms with Gasteiger partial charge in [0.1, 0.15) is 11.6 Å². The van der Waals surface area contributed by atoms with Gasteiger partial charge < -0.3 is 5.32 Å². The van der Waals surface area contributed by atoms with E-state index in [1.807, 2.05) is 25.1 Å². The van der Waals surface area contributed by atoms with Crippen LogP contribution in [0.3, 0.4) is 0 Å². The highest BCUT2D eigenvalue weighted by molar-refractivity contribution is 5.30. The van der Waals surface area contributed by atoms with Crippen molar-refractivity contribution in [1.29, 1.82) is 0 Å². The lowest BCUT2D eigenvalue weighted by atomic mass is 10.0. The molecule has 0 saturated heterocycles. The van der Waals surface area contributed by atoms with E-state index in [0.717, 1.165) is 5.56 Å². The lowest BCUT2D eigenvalue weighted by molar-refractivity contribution is 0.527. The molecule has 0 heterocycles. The Morgan fingerprint density at radius 2 is 1.65 bits per heavy atom. The lowest BCUT2D eigenvalue weighted by Crippen LogP contribution is -2.19. The Bertz CT molecular complexity index is 585. The fraction of sp³-hybridized carbons (Fsp3) is 0.294. The molecule has 20 heavy (non-hydrogen) atoms. The number of hydrogen-bond donors (Lipinski definition) is 1. The zero-order valence-corrected chi connectivity index (χ0v) is 12.0. The first-order valence-corrected chi connectivity index (χ1v) is 6.72. The monoisotopic (exact) mass is 275 g/mol. The summed E-state index contributed by atoms with van der Waals surface area (Å²) in [5, 5.41) is 3.27. The standard InChI is InChI=1S/C17H19F2N/c1-11-8-14(9-12(2)17(11)19)10-20-13(3)15-6-4-5-7-16(15)18/h4-9,13,20H,10H2,1-3H3. The summed E-state index contributed by atoms with van der Waals surface area (Å²) < 4.78 is 27.2. The molecule has 0 amide bonds. The van der Waals surface area contributed by atoms with Crippen molar-refractivity contribution in [3.8, 4) is 0 Å². The Labute approximate surface area is 118 Å². The minimum atomic E-state index is -0.209. The van der Waals surface area contributed by atoms with E-state index in [0.29, 0.717) is 23.2 Å². The van der Waals surface area contributed by atoms with Gasteiger partial charge in [-0.05, 0) is 43.5 Å². The van der Waals surface area contributed by atoms with Gasteiger partial charge in [0.15, 0.2) is 0 Å². The summed E-state index contributed by atoms with van der Waals surface area (Å²) in [5.74, 6) is -0.366. The average Bonchev–Trinajstić information content (AvgIpc) is 2.42. The second-order valence-electron chi connectivity index (χ2n) is 5.17. The molecule has 0 radical (unpaired) electrons. The first-order chi connectivity index (χ1) is 9.49. The van der Waals surface area contributed by atoms with Crippen LogP contribution in [0, 0.1) is 25.5 Å². The number of aryl methyl sites for hydroxylation is 2. The Morgan fingerprint density at radius 3 is 2.25 bits per heavy atom. The number of benzene rings is 2. The van der Waals surface area contributed by atoms with E-state index in [1.165, 1.54) is 6.07 Å². The van der Waals surface area contributed by atoms with Gasteiger partial charge in [0.25, 0.3) is 0 Å². The summed E-state index contributed by atoms with van der Waals surface area (Å²) in [6, 6.07) is 10.3. The van der Waals surface area contributed by atoms with Gasteiger partial charge in [-0.1, -0.05) is 30.3 Å². The minimum absolute atomic E-state index is 0.0955. The van der Waals surface area contributed by atoms with Crippen LogP contribution in [-0.4, -0.2) is 0 Å². The molecule has 0 spiro atoms. The molecule has 0 aliphatic carbocycles. The number of halogens is 2. The van der Waals surface area contributed by atoms with Crippen LogP contribution >= 0.6 is 0 Å². The van der Waals surface area contributed by atoms with Crippen molar-refractivity contribution in [3.63, 3.8) is 0 Å². The summed E-state index contributed by atoms with van der Waals surface area (Å²) in [4.78, 5) is 0. The van der Waals surface area contributed by atoms with Gasteiger partial charge in [0.05, 0.1) is 0 Å². The highest BCUT2D eigenvalue weighted by atomic mass is 19.1. The van der Waals surface area contributed by atoms with Crippen molar-refractivity contribution in [2.24, 2.45) is 0 Å². The van der Waals surface area contributed by atoms with Crippen LogP contribution in [0.1, 0.15) is 35.2 Å². The second kappa shape index (κ2) is 6.14. The fourth-order valence-electron chi connectivity index (χ4n) is 2.34. The van der Waals surface area contributed by atoms with Gasteiger partial charge in [0.2, 0.25) is 0 Å². The number of rotatable bonds is 4. The van der Waals surface area contributed by atoms with Gasteiger partial charge in [-0.25, -0.2) is 8.78 Å². The number of hydrogen-bond acceptors (Lipinski definition) is 1. The van der Waals surface area contributed by atoms with Gasteiger partial charge in [0, 0.05) is 18.2 Å². The SMILES string of the molecule is Cc1cc(CNC(C)c2ccccc2F)cc(C)c1F. The zero-order valence-electron chi connectivity index (χ0n) is 12.0. The predicted octanol–water partition coefficient (Wildman–Crippen LogP) is 4.43. The molecule has 2 aromatic carbocycles. The third kappa shape index (κ3) is 3.23. The first kappa shape index (κ1) is 14.7. The average molecular weight is 275 g/mol. The summed E-state index contributed by atoms with van der Waals surface area (Å²) in [6.07, 6.45) is 0. The Morgan fingerprint density at radius 1 is 1.05 bits per heavy atom. The molecule has 1 atom stereocenters. The second-order valence-corrected chi connectivity index (χ2v) is 5.17. The van der Waals surface area contributed by atoms with E-state index < -0.39 is 0 Å². The van der Waals surface area contributed by atoms with Gasteiger partial charge in [-0.2, -0.15) is 0 Å². The van der Waals surface area contributed by atoms with Crippen LogP contribution in [-0.2, 0) is 6.54 Å². The zero-order chi connectivity index (χ0) is 14.7. The predicted molar refractivity (Wildman–Crippen MR) is 77.5 cm³/mol. The molecule has 1 unspecified atom stereocenters. The molecule has 0 saturated carbocycles. The molecule has 0 aromatic heterocycles. The van der Waals surface area contributed by atoms with Crippen LogP contribution < -0.4 is 5.32 Å². The normalized spacial score (nSPS) is 12.4. The van der Waals surface area contributed by atoms with Crippen molar-refractivity contribution >= 4 is 0 Å². The number of nitrogens with one attached hydrogen (secondary N) is 1. The highest BCUT2D eigenvalue weighted by Crippen LogP contribution is 2.18. The van der Waals surface area contributed by atoms with E-state index >= 15 is 0 Å². The van der Waals surface area contributed by atoms with Crippen LogP contribution in [0.2, 0.25) is 0 Å². The maximum absolute atomic E-state index is 13.7. The smallest absolute Gasteiger partial charge is 0.129 e. The molecule has 1 N–H and O–H groups in total. The molecule has 2 aromatic rings.